The third-order valence-electron chi connectivity index (χ3n) is 3.68. The Morgan fingerprint density at radius 3 is 2.91 bits per heavy atom. The van der Waals surface area contributed by atoms with E-state index in [1.807, 2.05) is 0 Å². The van der Waals surface area contributed by atoms with Gasteiger partial charge in [0.05, 0.1) is 18.5 Å². The van der Waals surface area contributed by atoms with Crippen LogP contribution in [0.3, 0.4) is 0 Å². The summed E-state index contributed by atoms with van der Waals surface area (Å²) in [5.41, 5.74) is 0.446. The summed E-state index contributed by atoms with van der Waals surface area (Å²) in [6.45, 7) is 0.703. The summed E-state index contributed by atoms with van der Waals surface area (Å²) in [4.78, 5) is 3.97. The van der Waals surface area contributed by atoms with Crippen LogP contribution in [0.15, 0.2) is 48.8 Å². The number of rotatable bonds is 5. The van der Waals surface area contributed by atoms with Gasteiger partial charge in [0.15, 0.2) is 0 Å². The molecule has 0 spiro atoms. The first-order chi connectivity index (χ1) is 11.0. The smallest absolute Gasteiger partial charge is 0.218 e. The van der Waals surface area contributed by atoms with Crippen molar-refractivity contribution in [2.24, 2.45) is 0 Å². The Morgan fingerprint density at radius 2 is 2.17 bits per heavy atom. The number of aromatic nitrogens is 1. The van der Waals surface area contributed by atoms with Crippen LogP contribution >= 0.6 is 0 Å². The minimum Gasteiger partial charge on any atom is -0.487 e. The predicted molar refractivity (Wildman–Crippen MR) is 83.9 cm³/mol. The van der Waals surface area contributed by atoms with Crippen LogP contribution in [-0.2, 0) is 15.8 Å². The topological polar surface area (TPSA) is 59.5 Å². The standard InChI is InChI=1S/C16H17FN2O3S/c17-14-4-1-3-13(9-14)12-23(20,21)19-8-6-16(11-19)22-15-5-2-7-18-10-15/h1-5,7,9-10,16H,6,8,11-12H2/t16-/m1/s1. The molecule has 0 bridgehead atoms. The predicted octanol–water partition coefficient (Wildman–Crippen LogP) is 2.20. The lowest BCUT2D eigenvalue weighted by molar-refractivity contribution is 0.214. The molecule has 7 heteroatoms. The van der Waals surface area contributed by atoms with Crippen molar-refractivity contribution in [1.82, 2.24) is 9.29 Å². The Morgan fingerprint density at radius 1 is 1.30 bits per heavy atom. The number of sulfonamides is 1. The molecule has 0 N–H and O–H groups in total. The maximum atomic E-state index is 13.2. The van der Waals surface area contributed by atoms with Gasteiger partial charge in [-0.25, -0.2) is 12.8 Å². The summed E-state index contributed by atoms with van der Waals surface area (Å²) < 4.78 is 45.2. The van der Waals surface area contributed by atoms with E-state index in [1.165, 1.54) is 22.5 Å². The fraction of sp³-hybridized carbons (Fsp3) is 0.312. The van der Waals surface area contributed by atoms with Crippen molar-refractivity contribution in [3.05, 3.63) is 60.2 Å². The van der Waals surface area contributed by atoms with Crippen LogP contribution in [-0.4, -0.2) is 36.9 Å². The number of benzene rings is 1. The number of hydrogen-bond acceptors (Lipinski definition) is 4. The van der Waals surface area contributed by atoms with E-state index in [-0.39, 0.29) is 11.9 Å². The van der Waals surface area contributed by atoms with Crippen molar-refractivity contribution in [2.75, 3.05) is 13.1 Å². The van der Waals surface area contributed by atoms with Gasteiger partial charge >= 0.3 is 0 Å². The number of pyridine rings is 1. The van der Waals surface area contributed by atoms with Gasteiger partial charge in [-0.2, -0.15) is 4.31 Å². The lowest BCUT2D eigenvalue weighted by Crippen LogP contribution is -2.32. The average molecular weight is 336 g/mol. The molecule has 1 saturated heterocycles. The number of hydrogen-bond donors (Lipinski definition) is 0. The van der Waals surface area contributed by atoms with Crippen LogP contribution < -0.4 is 4.74 Å². The fourth-order valence-corrected chi connectivity index (χ4v) is 4.14. The highest BCUT2D eigenvalue weighted by Gasteiger charge is 2.32. The highest BCUT2D eigenvalue weighted by atomic mass is 32.2. The van der Waals surface area contributed by atoms with Crippen LogP contribution in [0.25, 0.3) is 0 Å². The highest BCUT2D eigenvalue weighted by molar-refractivity contribution is 7.88. The molecule has 23 heavy (non-hydrogen) atoms. The Bertz CT molecular complexity index is 768. The van der Waals surface area contributed by atoms with Gasteiger partial charge in [-0.15, -0.1) is 0 Å². The first-order valence-electron chi connectivity index (χ1n) is 7.32. The van der Waals surface area contributed by atoms with E-state index >= 15 is 0 Å². The number of nitrogens with zero attached hydrogens (tertiary/aromatic N) is 2. The summed E-state index contributed by atoms with van der Waals surface area (Å²) in [5.74, 6) is -0.0107. The second-order valence-corrected chi connectivity index (χ2v) is 7.43. The molecule has 122 valence electrons. The molecule has 2 heterocycles. The van der Waals surface area contributed by atoms with Gasteiger partial charge in [-0.05, 0) is 36.2 Å². The zero-order chi connectivity index (χ0) is 16.3. The van der Waals surface area contributed by atoms with Crippen molar-refractivity contribution < 1.29 is 17.5 Å². The Hall–Kier alpha value is -1.99. The molecule has 1 aliphatic rings. The molecule has 1 aromatic carbocycles. The summed E-state index contributed by atoms with van der Waals surface area (Å²) >= 11 is 0. The Labute approximate surface area is 134 Å². The van der Waals surface area contributed by atoms with Crippen molar-refractivity contribution in [3.8, 4) is 5.75 Å². The minimum atomic E-state index is -3.48. The van der Waals surface area contributed by atoms with Gasteiger partial charge in [0, 0.05) is 12.7 Å². The van der Waals surface area contributed by atoms with Crippen LogP contribution in [0, 0.1) is 5.82 Å². The molecule has 0 radical (unpaired) electrons. The first-order valence-corrected chi connectivity index (χ1v) is 8.93. The first kappa shape index (κ1) is 15.9. The van der Waals surface area contributed by atoms with Crippen LogP contribution in [0.2, 0.25) is 0 Å². The summed E-state index contributed by atoms with van der Waals surface area (Å²) in [7, 11) is -3.48. The van der Waals surface area contributed by atoms with E-state index in [2.05, 4.69) is 4.98 Å². The molecular formula is C16H17FN2O3S. The minimum absolute atomic E-state index is 0.193. The van der Waals surface area contributed by atoms with Gasteiger partial charge in [0.2, 0.25) is 10.0 Å². The van der Waals surface area contributed by atoms with Gasteiger partial charge in [-0.1, -0.05) is 12.1 Å². The van der Waals surface area contributed by atoms with Crippen molar-refractivity contribution in [2.45, 2.75) is 18.3 Å². The maximum Gasteiger partial charge on any atom is 0.218 e. The summed E-state index contributed by atoms with van der Waals surface area (Å²) in [6, 6.07) is 9.22. The normalized spacial score (nSPS) is 18.9. The third-order valence-corrected chi connectivity index (χ3v) is 5.49. The lowest BCUT2D eigenvalue weighted by atomic mass is 10.2. The van der Waals surface area contributed by atoms with E-state index in [0.717, 1.165) is 0 Å². The average Bonchev–Trinajstić information content (AvgIpc) is 2.97. The SMILES string of the molecule is O=S(=O)(Cc1cccc(F)c1)N1CC[C@@H](Oc2cccnc2)C1. The quantitative estimate of drug-likeness (QED) is 0.840. The zero-order valence-electron chi connectivity index (χ0n) is 12.4. The van der Waals surface area contributed by atoms with Crippen molar-refractivity contribution >= 4 is 10.0 Å². The molecule has 0 unspecified atom stereocenters. The third kappa shape index (κ3) is 4.05. The molecule has 0 amide bonds. The van der Waals surface area contributed by atoms with E-state index in [4.69, 9.17) is 4.74 Å². The summed E-state index contributed by atoms with van der Waals surface area (Å²) in [5, 5.41) is 0. The van der Waals surface area contributed by atoms with Crippen molar-refractivity contribution in [3.63, 3.8) is 0 Å². The number of halogens is 1. The van der Waals surface area contributed by atoms with E-state index < -0.39 is 15.8 Å². The molecule has 1 fully saturated rings. The molecule has 3 rings (SSSR count). The van der Waals surface area contributed by atoms with Crippen LogP contribution in [0.4, 0.5) is 4.39 Å². The van der Waals surface area contributed by atoms with Gasteiger partial charge in [0.1, 0.15) is 17.7 Å². The highest BCUT2D eigenvalue weighted by Crippen LogP contribution is 2.21. The van der Waals surface area contributed by atoms with E-state index in [9.17, 15) is 12.8 Å². The molecule has 5 nitrogen and oxygen atoms in total. The second kappa shape index (κ2) is 6.64. The van der Waals surface area contributed by atoms with Gasteiger partial charge in [0.25, 0.3) is 0 Å². The second-order valence-electron chi connectivity index (χ2n) is 5.46. The van der Waals surface area contributed by atoms with Crippen LogP contribution in [0.5, 0.6) is 5.75 Å². The Balaban J connectivity index is 1.63. The molecular weight excluding hydrogens is 319 g/mol. The summed E-state index contributed by atoms with van der Waals surface area (Å²) in [6.07, 6.45) is 3.68. The monoisotopic (exact) mass is 336 g/mol. The van der Waals surface area contributed by atoms with Gasteiger partial charge in [-0.3, -0.25) is 4.98 Å². The Kier molecular flexibility index (Phi) is 4.58. The van der Waals surface area contributed by atoms with Gasteiger partial charge < -0.3 is 4.74 Å². The van der Waals surface area contributed by atoms with Crippen molar-refractivity contribution in [1.29, 1.82) is 0 Å². The van der Waals surface area contributed by atoms with E-state index in [0.29, 0.717) is 30.8 Å². The molecule has 1 aliphatic heterocycles. The number of ether oxygens (including phenoxy) is 1. The molecule has 0 saturated carbocycles. The van der Waals surface area contributed by atoms with Crippen LogP contribution in [0.1, 0.15) is 12.0 Å². The molecule has 1 aromatic heterocycles. The molecule has 1 atom stereocenters. The molecule has 0 aliphatic carbocycles. The largest absolute Gasteiger partial charge is 0.487 e. The lowest BCUT2D eigenvalue weighted by Gasteiger charge is -2.17. The zero-order valence-corrected chi connectivity index (χ0v) is 13.2. The maximum absolute atomic E-state index is 13.2. The van der Waals surface area contributed by atoms with E-state index in [1.54, 1.807) is 30.6 Å². The molecule has 2 aromatic rings. The fourth-order valence-electron chi connectivity index (χ4n) is 2.58.